The van der Waals surface area contributed by atoms with Gasteiger partial charge in [-0.2, -0.15) is 0 Å². The largest absolute Gasteiger partial charge is 0.467 e. The van der Waals surface area contributed by atoms with Gasteiger partial charge >= 0.3 is 0 Å². The summed E-state index contributed by atoms with van der Waals surface area (Å²) >= 11 is 0. The number of nitrogens with zero attached hydrogens (tertiary/aromatic N) is 2. The maximum Gasteiger partial charge on any atom is 0.226 e. The van der Waals surface area contributed by atoms with Crippen LogP contribution in [-0.2, 0) is 11.3 Å². The van der Waals surface area contributed by atoms with Crippen LogP contribution in [0.4, 0.5) is 0 Å². The number of likely N-dealkylation sites (tertiary alicyclic amines) is 1. The number of amides is 1. The number of hydrogen-bond donors (Lipinski definition) is 0. The van der Waals surface area contributed by atoms with Crippen LogP contribution in [0.3, 0.4) is 0 Å². The molecule has 0 bridgehead atoms. The van der Waals surface area contributed by atoms with Crippen LogP contribution in [0, 0.1) is 5.92 Å². The molecule has 104 valence electrons. The second-order valence-electron chi connectivity index (χ2n) is 5.85. The Balaban J connectivity index is 1.70. The molecule has 0 atom stereocenters. The van der Waals surface area contributed by atoms with Crippen molar-refractivity contribution in [2.75, 3.05) is 20.1 Å². The summed E-state index contributed by atoms with van der Waals surface area (Å²) in [4.78, 5) is 16.9. The zero-order chi connectivity index (χ0) is 13.2. The van der Waals surface area contributed by atoms with E-state index in [2.05, 4.69) is 16.8 Å². The molecule has 1 aliphatic heterocycles. The van der Waals surface area contributed by atoms with E-state index in [1.807, 2.05) is 12.1 Å². The number of hydrogen-bond acceptors (Lipinski definition) is 3. The molecule has 2 fully saturated rings. The monoisotopic (exact) mass is 262 g/mol. The number of carbonyl (C=O) groups is 1. The van der Waals surface area contributed by atoms with Gasteiger partial charge in [0.15, 0.2) is 0 Å². The minimum absolute atomic E-state index is 0.287. The highest BCUT2D eigenvalue weighted by molar-refractivity contribution is 5.81. The quantitative estimate of drug-likeness (QED) is 0.834. The fourth-order valence-electron chi connectivity index (χ4n) is 2.83. The molecule has 2 heterocycles. The molecule has 1 aromatic rings. The highest BCUT2D eigenvalue weighted by atomic mass is 16.3. The van der Waals surface area contributed by atoms with Gasteiger partial charge in [0.2, 0.25) is 5.91 Å². The van der Waals surface area contributed by atoms with Crippen molar-refractivity contribution in [3.63, 3.8) is 0 Å². The number of carbonyl (C=O) groups excluding carboxylic acids is 1. The molecule has 1 saturated heterocycles. The van der Waals surface area contributed by atoms with Crippen molar-refractivity contribution in [2.45, 2.75) is 38.3 Å². The highest BCUT2D eigenvalue weighted by Crippen LogP contribution is 2.33. The molecule has 1 aliphatic carbocycles. The van der Waals surface area contributed by atoms with Gasteiger partial charge < -0.3 is 14.2 Å². The Bertz CT molecular complexity index is 417. The molecule has 1 amide bonds. The molecule has 3 rings (SSSR count). The molecule has 0 unspecified atom stereocenters. The van der Waals surface area contributed by atoms with Crippen molar-refractivity contribution in [1.82, 2.24) is 9.80 Å². The van der Waals surface area contributed by atoms with Crippen LogP contribution in [0.25, 0.3) is 0 Å². The van der Waals surface area contributed by atoms with E-state index < -0.39 is 0 Å². The zero-order valence-electron chi connectivity index (χ0n) is 11.5. The second kappa shape index (κ2) is 5.37. The maximum absolute atomic E-state index is 12.5. The summed E-state index contributed by atoms with van der Waals surface area (Å²) in [6.45, 7) is 2.80. The van der Waals surface area contributed by atoms with Gasteiger partial charge in [-0.15, -0.1) is 0 Å². The molecule has 0 N–H and O–H groups in total. The van der Waals surface area contributed by atoms with E-state index in [1.165, 1.54) is 0 Å². The van der Waals surface area contributed by atoms with E-state index >= 15 is 0 Å². The summed E-state index contributed by atoms with van der Waals surface area (Å²) in [5.41, 5.74) is 0. The van der Waals surface area contributed by atoms with Crippen LogP contribution in [-0.4, -0.2) is 41.9 Å². The lowest BCUT2D eigenvalue weighted by atomic mass is 10.0. The highest BCUT2D eigenvalue weighted by Gasteiger charge is 2.37. The Labute approximate surface area is 114 Å². The number of piperidine rings is 1. The predicted molar refractivity (Wildman–Crippen MR) is 72.5 cm³/mol. The van der Waals surface area contributed by atoms with Crippen molar-refractivity contribution in [1.29, 1.82) is 0 Å². The van der Waals surface area contributed by atoms with E-state index in [4.69, 9.17) is 4.42 Å². The molecule has 4 nitrogen and oxygen atoms in total. The van der Waals surface area contributed by atoms with E-state index in [1.54, 1.807) is 6.26 Å². The van der Waals surface area contributed by atoms with Gasteiger partial charge in [-0.05, 0) is 58.0 Å². The third-order valence-electron chi connectivity index (χ3n) is 4.24. The van der Waals surface area contributed by atoms with E-state index in [0.717, 1.165) is 44.5 Å². The smallest absolute Gasteiger partial charge is 0.226 e. The molecule has 0 radical (unpaired) electrons. The van der Waals surface area contributed by atoms with Crippen molar-refractivity contribution in [3.05, 3.63) is 24.2 Å². The van der Waals surface area contributed by atoms with Crippen LogP contribution in [0.1, 0.15) is 31.4 Å². The minimum Gasteiger partial charge on any atom is -0.467 e. The summed E-state index contributed by atoms with van der Waals surface area (Å²) in [6.07, 6.45) is 5.98. The van der Waals surface area contributed by atoms with Crippen molar-refractivity contribution in [3.8, 4) is 0 Å². The summed E-state index contributed by atoms with van der Waals surface area (Å²) < 4.78 is 5.42. The summed E-state index contributed by atoms with van der Waals surface area (Å²) in [5.74, 6) is 1.52. The molecule has 0 aromatic carbocycles. The summed E-state index contributed by atoms with van der Waals surface area (Å²) in [5, 5.41) is 0. The van der Waals surface area contributed by atoms with Gasteiger partial charge in [0.1, 0.15) is 5.76 Å². The minimum atomic E-state index is 0.287. The molecule has 0 spiro atoms. The van der Waals surface area contributed by atoms with Gasteiger partial charge in [0.05, 0.1) is 12.8 Å². The van der Waals surface area contributed by atoms with Gasteiger partial charge in [0.25, 0.3) is 0 Å². The van der Waals surface area contributed by atoms with Crippen LogP contribution in [0.2, 0.25) is 0 Å². The Morgan fingerprint density at radius 1 is 1.37 bits per heavy atom. The number of furan rings is 1. The van der Waals surface area contributed by atoms with Crippen molar-refractivity contribution in [2.24, 2.45) is 5.92 Å². The first-order chi connectivity index (χ1) is 9.24. The Morgan fingerprint density at radius 2 is 2.11 bits per heavy atom. The lowest BCUT2D eigenvalue weighted by Crippen LogP contribution is -2.46. The zero-order valence-corrected chi connectivity index (χ0v) is 11.5. The molecular formula is C15H22N2O2. The van der Waals surface area contributed by atoms with Crippen LogP contribution in [0.15, 0.2) is 22.8 Å². The molecule has 19 heavy (non-hydrogen) atoms. The molecule has 2 aliphatic rings. The Kier molecular flexibility index (Phi) is 3.60. The summed E-state index contributed by atoms with van der Waals surface area (Å²) in [6, 6.07) is 4.24. The molecule has 4 heteroatoms. The number of rotatable bonds is 4. The van der Waals surface area contributed by atoms with Crippen molar-refractivity contribution >= 4 is 5.91 Å². The molecule has 1 aromatic heterocycles. The second-order valence-corrected chi connectivity index (χ2v) is 5.85. The topological polar surface area (TPSA) is 36.7 Å². The van der Waals surface area contributed by atoms with E-state index in [9.17, 15) is 4.79 Å². The van der Waals surface area contributed by atoms with Crippen LogP contribution < -0.4 is 0 Å². The van der Waals surface area contributed by atoms with E-state index in [-0.39, 0.29) is 5.92 Å². The standard InChI is InChI=1S/C15H22N2O2/c1-16-8-6-13(7-9-16)17(15(18)12-4-5-12)11-14-3-2-10-19-14/h2-3,10,12-13H,4-9,11H2,1H3. The third kappa shape index (κ3) is 3.00. The van der Waals surface area contributed by atoms with Gasteiger partial charge in [-0.1, -0.05) is 0 Å². The average molecular weight is 262 g/mol. The van der Waals surface area contributed by atoms with Crippen LogP contribution >= 0.6 is 0 Å². The predicted octanol–water partition coefficient (Wildman–Crippen LogP) is 2.11. The maximum atomic E-state index is 12.5. The first-order valence-corrected chi connectivity index (χ1v) is 7.25. The first kappa shape index (κ1) is 12.7. The van der Waals surface area contributed by atoms with E-state index in [0.29, 0.717) is 18.5 Å². The average Bonchev–Trinajstić information content (AvgIpc) is 3.14. The molecule has 1 saturated carbocycles. The van der Waals surface area contributed by atoms with Gasteiger partial charge in [-0.25, -0.2) is 0 Å². The fourth-order valence-corrected chi connectivity index (χ4v) is 2.83. The van der Waals surface area contributed by atoms with Crippen LogP contribution in [0.5, 0.6) is 0 Å². The first-order valence-electron chi connectivity index (χ1n) is 7.25. The van der Waals surface area contributed by atoms with Gasteiger partial charge in [-0.3, -0.25) is 4.79 Å². The lowest BCUT2D eigenvalue weighted by Gasteiger charge is -2.37. The normalized spacial score (nSPS) is 21.5. The Morgan fingerprint density at radius 3 is 2.68 bits per heavy atom. The van der Waals surface area contributed by atoms with Gasteiger partial charge in [0, 0.05) is 12.0 Å². The third-order valence-corrected chi connectivity index (χ3v) is 4.24. The Hall–Kier alpha value is -1.29. The van der Waals surface area contributed by atoms with Crippen molar-refractivity contribution < 1.29 is 9.21 Å². The molecular weight excluding hydrogens is 240 g/mol. The lowest BCUT2D eigenvalue weighted by molar-refractivity contribution is -0.137. The SMILES string of the molecule is CN1CCC(N(Cc2ccco2)C(=O)C2CC2)CC1. The summed E-state index contributed by atoms with van der Waals surface area (Å²) in [7, 11) is 2.15. The fraction of sp³-hybridized carbons (Fsp3) is 0.667.